The molecule has 42 heavy (non-hydrogen) atoms. The first kappa shape index (κ1) is 29.9. The summed E-state index contributed by atoms with van der Waals surface area (Å²) in [7, 11) is 0. The number of amides is 2. The number of primary amides is 1. The second-order valence-corrected chi connectivity index (χ2v) is 9.70. The first-order valence-electron chi connectivity index (χ1n) is 13.1. The first-order valence-corrected chi connectivity index (χ1v) is 13.5. The van der Waals surface area contributed by atoms with E-state index in [1.807, 2.05) is 66.7 Å². The minimum Gasteiger partial charge on any atom is -0.506 e. The number of rotatable bonds is 10. The lowest BCUT2D eigenvalue weighted by molar-refractivity contribution is -0.134. The monoisotopic (exact) mass is 583 g/mol. The van der Waals surface area contributed by atoms with Crippen LogP contribution >= 0.6 is 11.6 Å². The van der Waals surface area contributed by atoms with E-state index in [-0.39, 0.29) is 28.8 Å². The Kier molecular flexibility index (Phi) is 10.3. The molecule has 4 aromatic carbocycles. The Hall–Kier alpha value is -5.08. The number of hydrogen-bond donors (Lipinski definition) is 3. The molecule has 4 N–H and O–H groups in total. The van der Waals surface area contributed by atoms with E-state index >= 15 is 0 Å². The maximum atomic E-state index is 13.0. The Bertz CT molecular complexity index is 1660. The molecule has 0 unspecified atom stereocenters. The molecule has 0 aliphatic heterocycles. The number of carbonyl (C=O) groups is 2. The number of nitrogens with two attached hydrogens (primary N) is 1. The van der Waals surface area contributed by atoms with Gasteiger partial charge in [0.05, 0.1) is 17.8 Å². The number of nitrogens with zero attached hydrogens (tertiary/aromatic N) is 1. The molecule has 1 heterocycles. The third kappa shape index (κ3) is 7.99. The molecule has 0 spiro atoms. The van der Waals surface area contributed by atoms with Crippen LogP contribution in [0.25, 0.3) is 10.8 Å². The summed E-state index contributed by atoms with van der Waals surface area (Å²) in [6.07, 6.45) is 3.69. The molecule has 5 rings (SSSR count). The molecule has 2 amide bonds. The first-order chi connectivity index (χ1) is 20.4. The third-order valence-electron chi connectivity index (χ3n) is 6.45. The molecular formula is C33H30ClN3O5. The van der Waals surface area contributed by atoms with Crippen LogP contribution in [-0.2, 0) is 17.8 Å². The van der Waals surface area contributed by atoms with Gasteiger partial charge in [0.25, 0.3) is 5.91 Å². The van der Waals surface area contributed by atoms with Crippen LogP contribution in [0.15, 0.2) is 108 Å². The number of aromatic hydroxyl groups is 1. The van der Waals surface area contributed by atoms with Crippen molar-refractivity contribution < 1.29 is 23.8 Å². The zero-order valence-corrected chi connectivity index (χ0v) is 23.5. The summed E-state index contributed by atoms with van der Waals surface area (Å²) in [6, 6.07) is 29.2. The summed E-state index contributed by atoms with van der Waals surface area (Å²) in [5.74, 6) is 0.647. The van der Waals surface area contributed by atoms with Crippen molar-refractivity contribution in [2.45, 2.75) is 13.0 Å². The van der Waals surface area contributed by atoms with Gasteiger partial charge in [-0.15, -0.1) is 0 Å². The molecule has 0 aliphatic carbocycles. The van der Waals surface area contributed by atoms with Gasteiger partial charge in [-0.25, -0.2) is 0 Å². The zero-order chi connectivity index (χ0) is 29.9. The molecule has 0 atom stereocenters. The molecule has 0 fully saturated rings. The molecule has 1 aromatic heterocycles. The Morgan fingerprint density at radius 2 is 1.69 bits per heavy atom. The molecule has 214 valence electrons. The molecular weight excluding hydrogens is 554 g/mol. The maximum Gasteiger partial charge on any atom is 0.260 e. The SMILES string of the molecule is N=Cc1ccc(OCC(=O)N(CCc2ccccc2)Cc2ccco2)c2ccccc12.NC(=O)c1ccc(O)c(Cl)c1. The van der Waals surface area contributed by atoms with Crippen LogP contribution < -0.4 is 10.5 Å². The Balaban J connectivity index is 0.000000310. The minimum atomic E-state index is -0.563. The molecule has 9 heteroatoms. The van der Waals surface area contributed by atoms with E-state index in [1.165, 1.54) is 30.0 Å². The summed E-state index contributed by atoms with van der Waals surface area (Å²) in [5, 5.41) is 18.5. The Morgan fingerprint density at radius 3 is 2.36 bits per heavy atom. The lowest BCUT2D eigenvalue weighted by Gasteiger charge is -2.22. The Morgan fingerprint density at radius 1 is 0.952 bits per heavy atom. The van der Waals surface area contributed by atoms with E-state index < -0.39 is 5.91 Å². The van der Waals surface area contributed by atoms with Crippen molar-refractivity contribution in [2.24, 2.45) is 5.73 Å². The van der Waals surface area contributed by atoms with Crippen LogP contribution in [0.1, 0.15) is 27.2 Å². The van der Waals surface area contributed by atoms with Gasteiger partial charge < -0.3 is 30.3 Å². The fourth-order valence-electron chi connectivity index (χ4n) is 4.23. The molecule has 0 saturated heterocycles. The van der Waals surface area contributed by atoms with Crippen molar-refractivity contribution in [1.82, 2.24) is 4.90 Å². The normalized spacial score (nSPS) is 10.4. The Labute approximate surface area is 248 Å². The van der Waals surface area contributed by atoms with Gasteiger partial charge in [0.1, 0.15) is 17.3 Å². The van der Waals surface area contributed by atoms with Gasteiger partial charge in [0, 0.05) is 29.3 Å². The number of fused-ring (bicyclic) bond motifs is 1. The molecule has 8 nitrogen and oxygen atoms in total. The van der Waals surface area contributed by atoms with Crippen LogP contribution in [0.2, 0.25) is 5.02 Å². The molecule has 0 aliphatic rings. The van der Waals surface area contributed by atoms with E-state index in [2.05, 4.69) is 12.1 Å². The summed E-state index contributed by atoms with van der Waals surface area (Å²) in [6.45, 7) is 0.902. The second-order valence-electron chi connectivity index (χ2n) is 9.29. The van der Waals surface area contributed by atoms with Crippen LogP contribution in [0, 0.1) is 5.41 Å². The van der Waals surface area contributed by atoms with E-state index in [4.69, 9.17) is 37.0 Å². The van der Waals surface area contributed by atoms with E-state index in [0.29, 0.717) is 18.8 Å². The molecule has 5 aromatic rings. The third-order valence-corrected chi connectivity index (χ3v) is 6.75. The van der Waals surface area contributed by atoms with Crippen molar-refractivity contribution in [3.63, 3.8) is 0 Å². The van der Waals surface area contributed by atoms with Gasteiger partial charge in [-0.2, -0.15) is 0 Å². The number of nitrogens with one attached hydrogen (secondary N) is 1. The van der Waals surface area contributed by atoms with E-state index in [1.54, 1.807) is 11.2 Å². The van der Waals surface area contributed by atoms with Crippen LogP contribution in [0.5, 0.6) is 11.5 Å². The highest BCUT2D eigenvalue weighted by atomic mass is 35.5. The quantitative estimate of drug-likeness (QED) is 0.168. The highest BCUT2D eigenvalue weighted by Crippen LogP contribution is 2.28. The minimum absolute atomic E-state index is 0.0586. The van der Waals surface area contributed by atoms with Crippen molar-refractivity contribution in [3.05, 3.63) is 131 Å². The largest absolute Gasteiger partial charge is 0.506 e. The van der Waals surface area contributed by atoms with Gasteiger partial charge in [-0.1, -0.05) is 66.2 Å². The highest BCUT2D eigenvalue weighted by molar-refractivity contribution is 6.32. The second kappa shape index (κ2) is 14.5. The number of halogens is 1. The summed E-state index contributed by atoms with van der Waals surface area (Å²) >= 11 is 5.50. The number of hydrogen-bond acceptors (Lipinski definition) is 6. The van der Waals surface area contributed by atoms with E-state index in [0.717, 1.165) is 28.5 Å². The molecule has 0 radical (unpaired) electrons. The average Bonchev–Trinajstić information content (AvgIpc) is 3.53. The summed E-state index contributed by atoms with van der Waals surface area (Å²) < 4.78 is 11.4. The lowest BCUT2D eigenvalue weighted by Crippen LogP contribution is -2.36. The standard InChI is InChI=1S/C26H24N2O3.C7H6ClNO2/c27-17-21-12-13-25(24-11-5-4-10-23(21)24)31-19-26(29)28(18-22-9-6-16-30-22)15-14-20-7-2-1-3-8-20;8-5-3-4(7(9)11)1-2-6(5)10/h1-13,16-17,27H,14-15,18-19H2;1-3,10H,(H2,9,11). The van der Waals surface area contributed by atoms with Gasteiger partial charge in [-0.05, 0) is 59.8 Å². The number of benzene rings is 4. The van der Waals surface area contributed by atoms with Crippen LogP contribution in [0.4, 0.5) is 0 Å². The van der Waals surface area contributed by atoms with Crippen molar-refractivity contribution in [1.29, 1.82) is 5.41 Å². The topological polar surface area (TPSA) is 130 Å². The fourth-order valence-corrected chi connectivity index (χ4v) is 4.41. The van der Waals surface area contributed by atoms with Gasteiger partial charge in [-0.3, -0.25) is 9.59 Å². The van der Waals surface area contributed by atoms with Gasteiger partial charge in [0.2, 0.25) is 5.91 Å². The smallest absolute Gasteiger partial charge is 0.260 e. The van der Waals surface area contributed by atoms with Gasteiger partial charge in [0.15, 0.2) is 6.61 Å². The summed E-state index contributed by atoms with van der Waals surface area (Å²) in [4.78, 5) is 25.4. The highest BCUT2D eigenvalue weighted by Gasteiger charge is 2.17. The number of phenolic OH excluding ortho intramolecular Hbond substituents is 1. The number of furan rings is 1. The van der Waals surface area contributed by atoms with Crippen molar-refractivity contribution >= 4 is 40.4 Å². The van der Waals surface area contributed by atoms with Crippen LogP contribution in [-0.4, -0.2) is 41.2 Å². The van der Waals surface area contributed by atoms with Gasteiger partial charge >= 0.3 is 0 Å². The predicted octanol–water partition coefficient (Wildman–Crippen LogP) is 6.23. The predicted molar refractivity (Wildman–Crippen MR) is 163 cm³/mol. The zero-order valence-electron chi connectivity index (χ0n) is 22.7. The molecule has 0 saturated carbocycles. The lowest BCUT2D eigenvalue weighted by atomic mass is 10.0. The van der Waals surface area contributed by atoms with Crippen LogP contribution in [0.3, 0.4) is 0 Å². The molecule has 0 bridgehead atoms. The maximum absolute atomic E-state index is 13.0. The van der Waals surface area contributed by atoms with Crippen molar-refractivity contribution in [2.75, 3.05) is 13.2 Å². The number of ether oxygens (including phenoxy) is 1. The number of phenols is 1. The average molecular weight is 584 g/mol. The summed E-state index contributed by atoms with van der Waals surface area (Å²) in [5.41, 5.74) is 7.23. The van der Waals surface area contributed by atoms with E-state index in [9.17, 15) is 9.59 Å². The fraction of sp³-hybridized carbons (Fsp3) is 0.121. The number of carbonyl (C=O) groups excluding carboxylic acids is 2. The van der Waals surface area contributed by atoms with Crippen molar-refractivity contribution in [3.8, 4) is 11.5 Å².